The molecule has 1 aliphatic rings. The van der Waals surface area contributed by atoms with Gasteiger partial charge in [0, 0.05) is 42.8 Å². The first-order chi connectivity index (χ1) is 20.0. The van der Waals surface area contributed by atoms with Crippen LogP contribution in [-0.2, 0) is 17.1 Å². The monoisotopic (exact) mass is 617 g/mol. The van der Waals surface area contributed by atoms with Gasteiger partial charge >= 0.3 is 18.4 Å². The number of carbonyl (C=O) groups excluding carboxylic acids is 1. The third kappa shape index (κ3) is 8.94. The number of carbonyl (C=O) groups is 1. The minimum Gasteiger partial charge on any atom is -0.409 e. The molecular formula is C30H34F7N3O3. The maximum absolute atomic E-state index is 14.1. The van der Waals surface area contributed by atoms with E-state index in [1.54, 1.807) is 0 Å². The van der Waals surface area contributed by atoms with Crippen molar-refractivity contribution >= 4 is 23.6 Å². The molecule has 1 saturated carbocycles. The summed E-state index contributed by atoms with van der Waals surface area (Å²) in [5.41, 5.74) is -5.06. The van der Waals surface area contributed by atoms with Crippen LogP contribution < -0.4 is 15.0 Å². The Bertz CT molecular complexity index is 1300. The normalized spacial score (nSPS) is 15.3. The van der Waals surface area contributed by atoms with Crippen molar-refractivity contribution in [2.45, 2.75) is 63.9 Å². The zero-order valence-corrected chi connectivity index (χ0v) is 24.0. The van der Waals surface area contributed by atoms with E-state index in [2.05, 4.69) is 5.32 Å². The number of nitrogens with one attached hydrogen (secondary N) is 2. The van der Waals surface area contributed by atoms with Crippen LogP contribution in [0.5, 0.6) is 5.75 Å². The molecule has 1 fully saturated rings. The average molecular weight is 618 g/mol. The van der Waals surface area contributed by atoms with Gasteiger partial charge in [0.05, 0.1) is 23.3 Å². The molecule has 0 spiro atoms. The van der Waals surface area contributed by atoms with Gasteiger partial charge in [-0.05, 0) is 69.0 Å². The van der Waals surface area contributed by atoms with Crippen molar-refractivity contribution in [2.75, 3.05) is 25.1 Å². The molecule has 1 aliphatic carbocycles. The van der Waals surface area contributed by atoms with Gasteiger partial charge in [0.15, 0.2) is 5.75 Å². The highest BCUT2D eigenvalue weighted by Gasteiger charge is 2.41. The van der Waals surface area contributed by atoms with Gasteiger partial charge in [0.25, 0.3) is 0 Å². The molecule has 2 aromatic carbocycles. The number of rotatable bonds is 10. The van der Waals surface area contributed by atoms with Crippen LogP contribution >= 0.6 is 0 Å². The van der Waals surface area contributed by atoms with Crippen molar-refractivity contribution in [2.24, 2.45) is 5.92 Å². The maximum Gasteiger partial charge on any atom is 0.420 e. The van der Waals surface area contributed by atoms with E-state index in [1.165, 1.54) is 18.6 Å². The van der Waals surface area contributed by atoms with Gasteiger partial charge in [-0.25, -0.2) is 9.18 Å². The average Bonchev–Trinajstić information content (AvgIpc) is 2.94. The zero-order chi connectivity index (χ0) is 32.0. The summed E-state index contributed by atoms with van der Waals surface area (Å²) >= 11 is 0. The van der Waals surface area contributed by atoms with Crippen molar-refractivity contribution < 1.29 is 45.0 Å². The van der Waals surface area contributed by atoms with Crippen LogP contribution in [0.15, 0.2) is 42.6 Å². The first kappa shape index (κ1) is 33.9. The number of hydrogen-bond acceptors (Lipinski definition) is 5. The van der Waals surface area contributed by atoms with Crippen LogP contribution in [0, 0.1) is 17.1 Å². The fourth-order valence-corrected chi connectivity index (χ4v) is 4.92. The summed E-state index contributed by atoms with van der Waals surface area (Å²) < 4.78 is 108. The summed E-state index contributed by atoms with van der Waals surface area (Å²) in [6.07, 6.45) is -4.82. The van der Waals surface area contributed by atoms with Crippen LogP contribution in [0.3, 0.4) is 0 Å². The van der Waals surface area contributed by atoms with E-state index in [0.29, 0.717) is 18.2 Å². The summed E-state index contributed by atoms with van der Waals surface area (Å²) in [4.78, 5) is 13.6. The molecule has 0 aliphatic heterocycles. The summed E-state index contributed by atoms with van der Waals surface area (Å²) in [5.74, 6) is -1.48. The highest BCUT2D eigenvalue weighted by atomic mass is 19.4. The molecule has 236 valence electrons. The van der Waals surface area contributed by atoms with Crippen molar-refractivity contribution in [1.82, 2.24) is 5.32 Å². The fraction of sp³-hybridized carbons (Fsp3) is 0.467. The summed E-state index contributed by atoms with van der Waals surface area (Å²) in [6, 6.07) is 4.58. The third-order valence-electron chi connectivity index (χ3n) is 7.43. The van der Waals surface area contributed by atoms with Gasteiger partial charge in [-0.1, -0.05) is 19.3 Å². The summed E-state index contributed by atoms with van der Waals surface area (Å²) in [6.45, 7) is 4.28. The number of alkyl halides is 6. The Hall–Kier alpha value is -3.61. The Labute approximate surface area is 245 Å². The fourth-order valence-electron chi connectivity index (χ4n) is 4.92. The molecule has 13 heteroatoms. The van der Waals surface area contributed by atoms with E-state index >= 15 is 0 Å². The number of anilines is 1. The molecule has 0 heterocycles. The maximum atomic E-state index is 14.1. The number of halogens is 7. The molecule has 2 N–H and O–H groups in total. The van der Waals surface area contributed by atoms with E-state index < -0.39 is 57.9 Å². The number of amides is 1. The Morgan fingerprint density at radius 2 is 1.65 bits per heavy atom. The van der Waals surface area contributed by atoms with E-state index in [4.69, 9.17) is 14.9 Å². The van der Waals surface area contributed by atoms with Crippen LogP contribution in [0.1, 0.15) is 62.6 Å². The second-order valence-electron chi connectivity index (χ2n) is 10.8. The smallest absolute Gasteiger partial charge is 0.409 e. The Morgan fingerprint density at radius 3 is 2.21 bits per heavy atom. The molecule has 43 heavy (non-hydrogen) atoms. The predicted molar refractivity (Wildman–Crippen MR) is 149 cm³/mol. The Balaban J connectivity index is 1.92. The lowest BCUT2D eigenvalue weighted by atomic mass is 9.79. The minimum atomic E-state index is -5.36. The van der Waals surface area contributed by atoms with Crippen LogP contribution in [0.4, 0.5) is 41.2 Å². The van der Waals surface area contributed by atoms with E-state index in [1.807, 2.05) is 13.8 Å². The number of ether oxygens (including phenoxy) is 2. The standard InChI is InChI=1S/C30H34F7N3O3/c1-28(2,20-7-5-4-6-8-20)42-14-13-39-18-19(17-38)24-15-21(29(32,33)34)16-25(30(35,36)37)26(24)43-27(41)40(3)23-11-9-22(31)10-12-23/h9-12,15-18,20,38-39H,4-8,13-14H2,1-3H3/b19-18+,38-17?. The van der Waals surface area contributed by atoms with Crippen LogP contribution in [0.25, 0.3) is 5.57 Å². The third-order valence-corrected chi connectivity index (χ3v) is 7.43. The molecule has 1 amide bonds. The first-order valence-corrected chi connectivity index (χ1v) is 13.7. The van der Waals surface area contributed by atoms with Gasteiger partial charge in [0.2, 0.25) is 0 Å². The summed E-state index contributed by atoms with van der Waals surface area (Å²) in [5, 5.41) is 10.5. The van der Waals surface area contributed by atoms with Gasteiger partial charge in [-0.3, -0.25) is 4.90 Å². The molecule has 0 saturated heterocycles. The van der Waals surface area contributed by atoms with Crippen molar-refractivity contribution in [3.8, 4) is 5.75 Å². The number of hydrogen-bond donors (Lipinski definition) is 2. The molecule has 0 unspecified atom stereocenters. The van der Waals surface area contributed by atoms with Gasteiger partial charge in [0.1, 0.15) is 5.82 Å². The molecule has 0 radical (unpaired) electrons. The topological polar surface area (TPSA) is 74.7 Å². The SMILES string of the molecule is CN(C(=O)Oc1c(/C(C=N)=C/NCCOC(C)(C)C2CCCCC2)cc(C(F)(F)F)cc1C(F)(F)F)c1ccc(F)cc1. The largest absolute Gasteiger partial charge is 0.420 e. The van der Waals surface area contributed by atoms with Crippen molar-refractivity contribution in [3.05, 3.63) is 65.1 Å². The Morgan fingerprint density at radius 1 is 1.02 bits per heavy atom. The highest BCUT2D eigenvalue weighted by molar-refractivity contribution is 6.10. The van der Waals surface area contributed by atoms with E-state index in [-0.39, 0.29) is 24.9 Å². The van der Waals surface area contributed by atoms with Gasteiger partial charge in [-0.15, -0.1) is 0 Å². The van der Waals surface area contributed by atoms with Gasteiger partial charge < -0.3 is 20.2 Å². The molecule has 3 rings (SSSR count). The van der Waals surface area contributed by atoms with Crippen LogP contribution in [-0.4, -0.2) is 38.1 Å². The molecule has 6 nitrogen and oxygen atoms in total. The number of allylic oxidation sites excluding steroid dienone is 1. The van der Waals surface area contributed by atoms with Crippen molar-refractivity contribution in [3.63, 3.8) is 0 Å². The van der Waals surface area contributed by atoms with E-state index in [0.717, 1.165) is 56.0 Å². The lowest BCUT2D eigenvalue weighted by Gasteiger charge is -2.37. The molecule has 2 aromatic rings. The van der Waals surface area contributed by atoms with Crippen LogP contribution in [0.2, 0.25) is 0 Å². The lowest BCUT2D eigenvalue weighted by molar-refractivity contribution is -0.143. The Kier molecular flexibility index (Phi) is 10.9. The van der Waals surface area contributed by atoms with Gasteiger partial charge in [-0.2, -0.15) is 26.3 Å². The summed E-state index contributed by atoms with van der Waals surface area (Å²) in [7, 11) is 1.14. The molecular weight excluding hydrogens is 583 g/mol. The lowest BCUT2D eigenvalue weighted by Crippen LogP contribution is -2.37. The first-order valence-electron chi connectivity index (χ1n) is 13.7. The quantitative estimate of drug-likeness (QED) is 0.159. The second kappa shape index (κ2) is 13.8. The molecule has 0 bridgehead atoms. The zero-order valence-electron chi connectivity index (χ0n) is 24.0. The molecule has 0 atom stereocenters. The highest BCUT2D eigenvalue weighted by Crippen LogP contribution is 2.44. The molecule has 0 aromatic heterocycles. The minimum absolute atomic E-state index is 0.0501. The number of benzene rings is 2. The second-order valence-corrected chi connectivity index (χ2v) is 10.8. The van der Waals surface area contributed by atoms with Crippen molar-refractivity contribution in [1.29, 1.82) is 5.41 Å². The number of nitrogens with zero attached hydrogens (tertiary/aromatic N) is 1. The predicted octanol–water partition coefficient (Wildman–Crippen LogP) is 8.45. The van der Waals surface area contributed by atoms with E-state index in [9.17, 15) is 35.5 Å².